The van der Waals surface area contributed by atoms with Gasteiger partial charge in [-0.2, -0.15) is 0 Å². The zero-order valence-corrected chi connectivity index (χ0v) is 7.48. The Kier molecular flexibility index (Phi) is 2.89. The van der Waals surface area contributed by atoms with Crippen molar-refractivity contribution in [3.63, 3.8) is 0 Å². The van der Waals surface area contributed by atoms with Crippen molar-refractivity contribution < 1.29 is 0 Å². The highest BCUT2D eigenvalue weighted by Crippen LogP contribution is 2.19. The van der Waals surface area contributed by atoms with Crippen molar-refractivity contribution in [2.24, 2.45) is 0 Å². The number of hydrogen-bond acceptors (Lipinski definition) is 1. The van der Waals surface area contributed by atoms with E-state index in [2.05, 4.69) is 31.8 Å². The maximum absolute atomic E-state index is 3.96. The molecule has 1 saturated heterocycles. The van der Waals surface area contributed by atoms with Crippen molar-refractivity contribution in [1.29, 1.82) is 0 Å². The second-order valence-corrected chi connectivity index (χ2v) is 3.17. The predicted molar refractivity (Wildman–Crippen MR) is 49.6 cm³/mol. The third-order valence-electron chi connectivity index (χ3n) is 2.24. The van der Waals surface area contributed by atoms with Gasteiger partial charge >= 0.3 is 0 Å². The topological polar surface area (TPSA) is 12.0 Å². The van der Waals surface area contributed by atoms with Gasteiger partial charge in [-0.05, 0) is 38.8 Å². The number of rotatable bonds is 2. The highest BCUT2D eigenvalue weighted by Gasteiger charge is 2.17. The largest absolute Gasteiger partial charge is 0.310 e. The molecule has 1 heteroatoms. The van der Waals surface area contributed by atoms with Crippen molar-refractivity contribution in [2.75, 3.05) is 6.54 Å². The molecule has 1 rings (SSSR count). The fraction of sp³-hybridized carbons (Fsp3) is 0.600. The van der Waals surface area contributed by atoms with Crippen molar-refractivity contribution in [2.45, 2.75) is 32.7 Å². The van der Waals surface area contributed by atoms with Gasteiger partial charge in [-0.3, -0.25) is 0 Å². The van der Waals surface area contributed by atoms with Gasteiger partial charge in [-0.25, -0.2) is 0 Å². The molecule has 1 atom stereocenters. The molecule has 0 aromatic carbocycles. The minimum Gasteiger partial charge on any atom is -0.310 e. The van der Waals surface area contributed by atoms with E-state index in [0.717, 1.165) is 6.54 Å². The lowest BCUT2D eigenvalue weighted by Gasteiger charge is -2.14. The molecule has 0 radical (unpaired) electrons. The molecule has 0 aromatic rings. The number of hydrogen-bond donors (Lipinski definition) is 1. The van der Waals surface area contributed by atoms with Crippen molar-refractivity contribution in [3.8, 4) is 0 Å². The minimum atomic E-state index is 0.581. The van der Waals surface area contributed by atoms with E-state index in [1.165, 1.54) is 24.0 Å². The van der Waals surface area contributed by atoms with Crippen LogP contribution in [0.1, 0.15) is 26.7 Å². The summed E-state index contributed by atoms with van der Waals surface area (Å²) in [5.41, 5.74) is 2.59. The lowest BCUT2D eigenvalue weighted by Crippen LogP contribution is -2.23. The van der Waals surface area contributed by atoms with Gasteiger partial charge in [0, 0.05) is 6.04 Å². The van der Waals surface area contributed by atoms with Crippen LogP contribution in [0.25, 0.3) is 0 Å². The van der Waals surface area contributed by atoms with Crippen LogP contribution in [-0.2, 0) is 0 Å². The molecule has 11 heavy (non-hydrogen) atoms. The zero-order valence-electron chi connectivity index (χ0n) is 7.48. The normalized spacial score (nSPS) is 25.6. The highest BCUT2D eigenvalue weighted by atomic mass is 14.9. The van der Waals surface area contributed by atoms with Crippen LogP contribution in [0.2, 0.25) is 0 Å². The molecule has 1 unspecified atom stereocenters. The summed E-state index contributed by atoms with van der Waals surface area (Å²) in [6.07, 6.45) is 4.74. The highest BCUT2D eigenvalue weighted by molar-refractivity contribution is 5.31. The summed E-state index contributed by atoms with van der Waals surface area (Å²) in [5.74, 6) is 0. The first-order chi connectivity index (χ1) is 5.25. The van der Waals surface area contributed by atoms with E-state index in [4.69, 9.17) is 0 Å². The Morgan fingerprint density at radius 2 is 2.36 bits per heavy atom. The standard InChI is InChI=1S/C10H17N/c1-4-9(8(2)3)10-6-5-7-11-10/h4,10-11H,2,5-7H2,1,3H3. The third kappa shape index (κ3) is 1.93. The van der Waals surface area contributed by atoms with Crippen molar-refractivity contribution in [1.82, 2.24) is 5.32 Å². The van der Waals surface area contributed by atoms with E-state index < -0.39 is 0 Å². The monoisotopic (exact) mass is 151 g/mol. The molecule has 0 saturated carbocycles. The molecular formula is C10H17N. The molecule has 0 aliphatic carbocycles. The Hall–Kier alpha value is -0.560. The molecule has 0 aromatic heterocycles. The summed E-state index contributed by atoms with van der Waals surface area (Å²) in [6.45, 7) is 9.29. The maximum atomic E-state index is 3.96. The summed E-state index contributed by atoms with van der Waals surface area (Å²) in [5, 5.41) is 3.46. The van der Waals surface area contributed by atoms with Crippen LogP contribution in [-0.4, -0.2) is 12.6 Å². The Balaban J connectivity index is 2.62. The van der Waals surface area contributed by atoms with Crippen molar-refractivity contribution >= 4 is 0 Å². The van der Waals surface area contributed by atoms with Crippen LogP contribution < -0.4 is 5.32 Å². The predicted octanol–water partition coefficient (Wildman–Crippen LogP) is 2.26. The van der Waals surface area contributed by atoms with Gasteiger partial charge in [0.1, 0.15) is 0 Å². The van der Waals surface area contributed by atoms with Crippen LogP contribution in [0, 0.1) is 0 Å². The molecule has 0 bridgehead atoms. The van der Waals surface area contributed by atoms with E-state index in [0.29, 0.717) is 6.04 Å². The molecule has 1 nitrogen and oxygen atoms in total. The molecule has 62 valence electrons. The molecule has 0 amide bonds. The maximum Gasteiger partial charge on any atom is 0.0319 e. The van der Waals surface area contributed by atoms with Gasteiger partial charge in [-0.1, -0.05) is 18.2 Å². The summed E-state index contributed by atoms with van der Waals surface area (Å²) >= 11 is 0. The molecule has 0 spiro atoms. The number of nitrogens with one attached hydrogen (secondary N) is 1. The average Bonchev–Trinajstić information content (AvgIpc) is 2.40. The van der Waals surface area contributed by atoms with Crippen LogP contribution in [0.4, 0.5) is 0 Å². The summed E-state index contributed by atoms with van der Waals surface area (Å²) in [7, 11) is 0. The van der Waals surface area contributed by atoms with E-state index in [9.17, 15) is 0 Å². The minimum absolute atomic E-state index is 0.581. The molecule has 1 heterocycles. The zero-order chi connectivity index (χ0) is 8.27. The lowest BCUT2D eigenvalue weighted by molar-refractivity contribution is 0.694. The fourth-order valence-corrected chi connectivity index (χ4v) is 1.70. The van der Waals surface area contributed by atoms with Gasteiger partial charge < -0.3 is 5.32 Å². The molecular weight excluding hydrogens is 134 g/mol. The Labute approximate surface area is 69.2 Å². The summed E-state index contributed by atoms with van der Waals surface area (Å²) in [4.78, 5) is 0. The van der Waals surface area contributed by atoms with E-state index >= 15 is 0 Å². The third-order valence-corrected chi connectivity index (χ3v) is 2.24. The lowest BCUT2D eigenvalue weighted by atomic mass is 9.99. The fourth-order valence-electron chi connectivity index (χ4n) is 1.70. The molecule has 1 aliphatic rings. The van der Waals surface area contributed by atoms with Gasteiger partial charge in [0.25, 0.3) is 0 Å². The van der Waals surface area contributed by atoms with Crippen LogP contribution in [0.15, 0.2) is 23.8 Å². The summed E-state index contributed by atoms with van der Waals surface area (Å²) < 4.78 is 0. The molecule has 1 fully saturated rings. The first-order valence-electron chi connectivity index (χ1n) is 4.31. The molecule has 1 N–H and O–H groups in total. The van der Waals surface area contributed by atoms with Crippen LogP contribution in [0.5, 0.6) is 0 Å². The second-order valence-electron chi connectivity index (χ2n) is 3.17. The first-order valence-corrected chi connectivity index (χ1v) is 4.31. The SMILES string of the molecule is C=C(C)C(=CC)C1CCCN1. The van der Waals surface area contributed by atoms with Gasteiger partial charge in [0.2, 0.25) is 0 Å². The van der Waals surface area contributed by atoms with Crippen molar-refractivity contribution in [3.05, 3.63) is 23.8 Å². The van der Waals surface area contributed by atoms with Crippen LogP contribution in [0.3, 0.4) is 0 Å². The van der Waals surface area contributed by atoms with Crippen LogP contribution >= 0.6 is 0 Å². The van der Waals surface area contributed by atoms with E-state index in [1.54, 1.807) is 0 Å². The van der Waals surface area contributed by atoms with Gasteiger partial charge in [0.15, 0.2) is 0 Å². The Morgan fingerprint density at radius 1 is 1.64 bits per heavy atom. The second kappa shape index (κ2) is 3.72. The Bertz CT molecular complexity index is 173. The van der Waals surface area contributed by atoms with Gasteiger partial charge in [-0.15, -0.1) is 0 Å². The average molecular weight is 151 g/mol. The van der Waals surface area contributed by atoms with E-state index in [1.807, 2.05) is 0 Å². The van der Waals surface area contributed by atoms with Gasteiger partial charge in [0.05, 0.1) is 0 Å². The Morgan fingerprint density at radius 3 is 2.73 bits per heavy atom. The quantitative estimate of drug-likeness (QED) is 0.597. The first kappa shape index (κ1) is 8.54. The number of allylic oxidation sites excluding steroid dienone is 1. The summed E-state index contributed by atoms with van der Waals surface area (Å²) in [6, 6.07) is 0.581. The smallest absolute Gasteiger partial charge is 0.0319 e. The van der Waals surface area contributed by atoms with E-state index in [-0.39, 0.29) is 0 Å². The molecule has 1 aliphatic heterocycles.